The Morgan fingerprint density at radius 1 is 0.707 bits per heavy atom. The summed E-state index contributed by atoms with van der Waals surface area (Å²) in [5.41, 5.74) is 1.49. The van der Waals surface area contributed by atoms with E-state index >= 15 is 0 Å². The first-order chi connectivity index (χ1) is 19.9. The molecule has 1 unspecified atom stereocenters. The molecule has 9 nitrogen and oxygen atoms in total. The smallest absolute Gasteiger partial charge is 0.415 e. The molecule has 2 aromatic rings. The molecule has 4 heterocycles. The number of carbonyl (C=O) groups excluding carboxylic acids is 3. The molecule has 0 N–H and O–H groups in total. The van der Waals surface area contributed by atoms with Crippen LogP contribution in [0.1, 0.15) is 54.4 Å². The molecule has 0 radical (unpaired) electrons. The second kappa shape index (κ2) is 11.2. The van der Waals surface area contributed by atoms with Gasteiger partial charge in [0.15, 0.2) is 9.86 Å². The minimum absolute atomic E-state index is 0.230. The van der Waals surface area contributed by atoms with Crippen LogP contribution >= 0.6 is 23.5 Å². The Balaban J connectivity index is 1.35. The molecular weight excluding hydrogens is 564 g/mol. The van der Waals surface area contributed by atoms with Gasteiger partial charge in [-0.15, -0.1) is 0 Å². The molecule has 0 aliphatic carbocycles. The first-order valence-corrected chi connectivity index (χ1v) is 15.5. The summed E-state index contributed by atoms with van der Waals surface area (Å²) < 4.78 is 21.8. The zero-order valence-corrected chi connectivity index (χ0v) is 24.8. The average molecular weight is 597 g/mol. The van der Waals surface area contributed by atoms with E-state index in [1.165, 1.54) is 30.6 Å². The molecular formula is C30H32N2O7S2. The molecule has 2 fully saturated rings. The van der Waals surface area contributed by atoms with E-state index in [1.54, 1.807) is 41.2 Å². The van der Waals surface area contributed by atoms with Crippen molar-refractivity contribution in [3.8, 4) is 23.0 Å². The molecule has 4 aliphatic heterocycles. The van der Waals surface area contributed by atoms with Crippen molar-refractivity contribution in [1.82, 2.24) is 9.80 Å². The standard InChI is InChI=1S/C30H32N2O7S2/c1-18-23-19(36-2)10-12-21(38-28(34)31-14-6-4-7-15-31)25(23)40-30(18)27(33)24-20(37-3)11-13-22(26(24)41-30)39-29(35)32-16-8-5-9-17-32/h10-13H,1,4-9,14-17H2,2-3H3. The molecule has 216 valence electrons. The van der Waals surface area contributed by atoms with Crippen molar-refractivity contribution in [2.45, 2.75) is 52.4 Å². The maximum Gasteiger partial charge on any atom is 0.415 e. The monoisotopic (exact) mass is 596 g/mol. The lowest BCUT2D eigenvalue weighted by Gasteiger charge is -2.26. The van der Waals surface area contributed by atoms with Crippen molar-refractivity contribution in [2.24, 2.45) is 0 Å². The van der Waals surface area contributed by atoms with Gasteiger partial charge in [-0.25, -0.2) is 9.59 Å². The van der Waals surface area contributed by atoms with Gasteiger partial charge in [-0.05, 0) is 68.4 Å². The van der Waals surface area contributed by atoms with Crippen LogP contribution in [0, 0.1) is 0 Å². The van der Waals surface area contributed by atoms with E-state index < -0.39 is 16.3 Å². The molecule has 1 spiro atoms. The average Bonchev–Trinajstić information content (AvgIpc) is 3.48. The van der Waals surface area contributed by atoms with E-state index in [0.717, 1.165) is 38.5 Å². The summed E-state index contributed by atoms with van der Waals surface area (Å²) in [4.78, 5) is 44.9. The van der Waals surface area contributed by atoms with Gasteiger partial charge in [0.25, 0.3) is 0 Å². The molecule has 6 rings (SSSR count). The third-order valence-corrected chi connectivity index (χ3v) is 11.1. The van der Waals surface area contributed by atoms with Gasteiger partial charge in [-0.2, -0.15) is 0 Å². The number of fused-ring (bicyclic) bond motifs is 2. The van der Waals surface area contributed by atoms with Gasteiger partial charge in [-0.1, -0.05) is 30.1 Å². The molecule has 1 atom stereocenters. The van der Waals surface area contributed by atoms with E-state index in [9.17, 15) is 14.4 Å². The van der Waals surface area contributed by atoms with Crippen molar-refractivity contribution >= 4 is 47.1 Å². The van der Waals surface area contributed by atoms with Gasteiger partial charge in [0, 0.05) is 31.7 Å². The number of hydrogen-bond donors (Lipinski definition) is 0. The number of hydrogen-bond acceptors (Lipinski definition) is 9. The molecule has 0 aromatic heterocycles. The van der Waals surface area contributed by atoms with Gasteiger partial charge >= 0.3 is 12.2 Å². The molecule has 41 heavy (non-hydrogen) atoms. The van der Waals surface area contributed by atoms with Crippen molar-refractivity contribution in [3.05, 3.63) is 42.0 Å². The SMILES string of the molecule is C=C1c2c(OC)ccc(OC(=O)N3CCCCC3)c2SC12Sc1c(OC(=O)N3CCCCC3)ccc(OC)c1C2=O. The predicted octanol–water partition coefficient (Wildman–Crippen LogP) is 6.48. The maximum atomic E-state index is 14.3. The third-order valence-electron chi connectivity index (χ3n) is 7.95. The first-order valence-electron chi connectivity index (χ1n) is 13.9. The van der Waals surface area contributed by atoms with E-state index in [1.807, 2.05) is 0 Å². The van der Waals surface area contributed by atoms with Crippen LogP contribution in [0.15, 0.2) is 40.6 Å². The molecule has 11 heteroatoms. The Morgan fingerprint density at radius 3 is 1.59 bits per heavy atom. The lowest BCUT2D eigenvalue weighted by atomic mass is 9.96. The van der Waals surface area contributed by atoms with Crippen molar-refractivity contribution < 1.29 is 33.3 Å². The van der Waals surface area contributed by atoms with E-state index in [2.05, 4.69) is 6.58 Å². The fourth-order valence-electron chi connectivity index (χ4n) is 5.76. The third kappa shape index (κ3) is 4.72. The normalized spacial score (nSPS) is 21.5. The summed E-state index contributed by atoms with van der Waals surface area (Å²) in [6, 6.07) is 6.74. The van der Waals surface area contributed by atoms with Crippen LogP contribution in [0.5, 0.6) is 23.0 Å². The number of piperidine rings is 2. The summed E-state index contributed by atoms with van der Waals surface area (Å²) in [5.74, 6) is 1.35. The number of amides is 2. The topological polar surface area (TPSA) is 94.6 Å². The van der Waals surface area contributed by atoms with E-state index in [-0.39, 0.29) is 5.78 Å². The molecule has 2 saturated heterocycles. The lowest BCUT2D eigenvalue weighted by Crippen LogP contribution is -2.37. The number of rotatable bonds is 4. The maximum absolute atomic E-state index is 14.3. The Labute approximate surface area is 247 Å². The largest absolute Gasteiger partial charge is 0.496 e. The van der Waals surface area contributed by atoms with Crippen molar-refractivity contribution in [2.75, 3.05) is 40.4 Å². The zero-order valence-electron chi connectivity index (χ0n) is 23.2. The van der Waals surface area contributed by atoms with Crippen LogP contribution in [0.2, 0.25) is 0 Å². The highest BCUT2D eigenvalue weighted by atomic mass is 32.2. The lowest BCUT2D eigenvalue weighted by molar-refractivity contribution is 0.0992. The number of carbonyl (C=O) groups is 3. The summed E-state index contributed by atoms with van der Waals surface area (Å²) in [6.45, 7) is 6.96. The number of methoxy groups -OCH3 is 2. The fourth-order valence-corrected chi connectivity index (χ4v) is 8.88. The predicted molar refractivity (Wildman–Crippen MR) is 157 cm³/mol. The quantitative estimate of drug-likeness (QED) is 0.393. The van der Waals surface area contributed by atoms with Crippen molar-refractivity contribution in [1.29, 1.82) is 0 Å². The van der Waals surface area contributed by atoms with Gasteiger partial charge in [0.1, 0.15) is 23.0 Å². The molecule has 2 amide bonds. The van der Waals surface area contributed by atoms with Crippen molar-refractivity contribution in [3.63, 3.8) is 0 Å². The van der Waals surface area contributed by atoms with Crippen LogP contribution in [0.4, 0.5) is 9.59 Å². The van der Waals surface area contributed by atoms with Gasteiger partial charge in [0.05, 0.1) is 29.6 Å². The van der Waals surface area contributed by atoms with Crippen LogP contribution in [0.3, 0.4) is 0 Å². The number of thioether (sulfide) groups is 2. The zero-order chi connectivity index (χ0) is 28.7. The highest BCUT2D eigenvalue weighted by Gasteiger charge is 2.58. The van der Waals surface area contributed by atoms with Crippen LogP contribution in [-0.4, -0.2) is 72.2 Å². The van der Waals surface area contributed by atoms with Gasteiger partial charge in [0.2, 0.25) is 0 Å². The number of ketones is 1. The number of ether oxygens (including phenoxy) is 4. The summed E-state index contributed by atoms with van der Waals surface area (Å²) in [6.07, 6.45) is 5.11. The minimum Gasteiger partial charge on any atom is -0.496 e. The molecule has 2 aromatic carbocycles. The number of Topliss-reactive ketones (excluding diaryl/α,β-unsaturated/α-hetero) is 1. The first kappa shape index (κ1) is 27.8. The highest BCUT2D eigenvalue weighted by Crippen LogP contribution is 2.69. The van der Waals surface area contributed by atoms with Crippen LogP contribution in [0.25, 0.3) is 5.57 Å². The number of benzene rings is 2. The van der Waals surface area contributed by atoms with E-state index in [4.69, 9.17) is 18.9 Å². The number of likely N-dealkylation sites (tertiary alicyclic amines) is 2. The summed E-state index contributed by atoms with van der Waals surface area (Å²) in [5, 5.41) is 0. The van der Waals surface area contributed by atoms with Crippen LogP contribution < -0.4 is 18.9 Å². The van der Waals surface area contributed by atoms with Gasteiger partial charge < -0.3 is 28.7 Å². The second-order valence-electron chi connectivity index (χ2n) is 10.4. The Hall–Kier alpha value is -3.31. The summed E-state index contributed by atoms with van der Waals surface area (Å²) in [7, 11) is 3.06. The molecule has 0 saturated carbocycles. The molecule has 0 bridgehead atoms. The molecule has 4 aliphatic rings. The van der Waals surface area contributed by atoms with Gasteiger partial charge in [-0.3, -0.25) is 4.79 Å². The van der Waals surface area contributed by atoms with Crippen LogP contribution in [-0.2, 0) is 0 Å². The highest BCUT2D eigenvalue weighted by molar-refractivity contribution is 8.21. The Morgan fingerprint density at radius 2 is 1.12 bits per heavy atom. The Kier molecular flexibility index (Phi) is 7.58. The Bertz CT molecular complexity index is 1320. The second-order valence-corrected chi connectivity index (χ2v) is 13.1. The summed E-state index contributed by atoms with van der Waals surface area (Å²) >= 11 is 2.54. The fraction of sp³-hybridized carbons (Fsp3) is 0.433. The number of nitrogens with zero attached hydrogens (tertiary/aromatic N) is 2. The van der Waals surface area contributed by atoms with E-state index in [0.29, 0.717) is 75.7 Å². The minimum atomic E-state index is -1.22.